The van der Waals surface area contributed by atoms with Crippen molar-refractivity contribution in [3.05, 3.63) is 54.3 Å². The molecule has 1 aliphatic rings. The Balaban J connectivity index is 1.60. The highest BCUT2D eigenvalue weighted by molar-refractivity contribution is 5.99. The largest absolute Gasteiger partial charge is 0.372 e. The first kappa shape index (κ1) is 14.4. The van der Waals surface area contributed by atoms with Crippen molar-refractivity contribution in [1.29, 1.82) is 0 Å². The first-order valence-corrected chi connectivity index (χ1v) is 7.40. The maximum Gasteiger partial charge on any atom is 0.323 e. The third-order valence-corrected chi connectivity index (χ3v) is 3.72. The summed E-state index contributed by atoms with van der Waals surface area (Å²) in [5, 5.41) is 5.19. The summed E-state index contributed by atoms with van der Waals surface area (Å²) in [7, 11) is 0. The number of nitrogens with one attached hydrogen (secondary N) is 2. The molecule has 1 saturated heterocycles. The summed E-state index contributed by atoms with van der Waals surface area (Å²) in [6, 6.07) is 13.3. The molecule has 0 aromatic heterocycles. The van der Waals surface area contributed by atoms with Gasteiger partial charge in [0.05, 0.1) is 5.69 Å². The Bertz CT molecular complexity index is 651. The highest BCUT2D eigenvalue weighted by atomic mass is 19.1. The summed E-state index contributed by atoms with van der Waals surface area (Å²) in [5.41, 5.74) is 2.00. The SMILES string of the molecule is O=C(Nc1ccc(N2CCCC2)cc1)Nc1ccccc1F. The van der Waals surface area contributed by atoms with Crippen molar-refractivity contribution in [2.45, 2.75) is 12.8 Å². The fourth-order valence-corrected chi connectivity index (χ4v) is 2.58. The van der Waals surface area contributed by atoms with Crippen LogP contribution in [0, 0.1) is 5.82 Å². The van der Waals surface area contributed by atoms with Gasteiger partial charge in [0.1, 0.15) is 5.82 Å². The standard InChI is InChI=1S/C17H18FN3O/c18-15-5-1-2-6-16(15)20-17(22)19-13-7-9-14(10-8-13)21-11-3-4-12-21/h1-2,5-10H,3-4,11-12H2,(H2,19,20,22). The monoisotopic (exact) mass is 299 g/mol. The summed E-state index contributed by atoms with van der Waals surface area (Å²) in [6.45, 7) is 2.17. The quantitative estimate of drug-likeness (QED) is 0.897. The molecule has 2 aromatic carbocycles. The van der Waals surface area contributed by atoms with E-state index in [-0.39, 0.29) is 5.69 Å². The number of rotatable bonds is 3. The topological polar surface area (TPSA) is 44.4 Å². The molecule has 0 unspecified atom stereocenters. The van der Waals surface area contributed by atoms with Crippen molar-refractivity contribution in [1.82, 2.24) is 0 Å². The van der Waals surface area contributed by atoms with Crippen molar-refractivity contribution < 1.29 is 9.18 Å². The number of halogens is 1. The zero-order valence-electron chi connectivity index (χ0n) is 12.2. The molecule has 0 aliphatic carbocycles. The van der Waals surface area contributed by atoms with Crippen LogP contribution >= 0.6 is 0 Å². The molecule has 2 amide bonds. The molecule has 0 spiro atoms. The van der Waals surface area contributed by atoms with Gasteiger partial charge in [0.15, 0.2) is 0 Å². The van der Waals surface area contributed by atoms with Crippen LogP contribution in [-0.2, 0) is 0 Å². The van der Waals surface area contributed by atoms with Crippen LogP contribution in [0.4, 0.5) is 26.2 Å². The van der Waals surface area contributed by atoms with E-state index >= 15 is 0 Å². The predicted molar refractivity (Wildman–Crippen MR) is 86.9 cm³/mol. The number of para-hydroxylation sites is 1. The summed E-state index contributed by atoms with van der Waals surface area (Å²) in [5.74, 6) is -0.456. The molecule has 3 rings (SSSR count). The van der Waals surface area contributed by atoms with Crippen molar-refractivity contribution in [2.24, 2.45) is 0 Å². The van der Waals surface area contributed by atoms with Crippen molar-refractivity contribution in [2.75, 3.05) is 28.6 Å². The number of anilines is 3. The smallest absolute Gasteiger partial charge is 0.323 e. The van der Waals surface area contributed by atoms with Gasteiger partial charge in [-0.15, -0.1) is 0 Å². The van der Waals surface area contributed by atoms with Crippen LogP contribution in [0.3, 0.4) is 0 Å². The Hall–Kier alpha value is -2.56. The van der Waals surface area contributed by atoms with Gasteiger partial charge in [0.25, 0.3) is 0 Å². The van der Waals surface area contributed by atoms with Crippen LogP contribution in [0.15, 0.2) is 48.5 Å². The lowest BCUT2D eigenvalue weighted by Gasteiger charge is -2.17. The van der Waals surface area contributed by atoms with E-state index in [1.807, 2.05) is 24.3 Å². The number of urea groups is 1. The molecule has 1 fully saturated rings. The number of benzene rings is 2. The van der Waals surface area contributed by atoms with Crippen LogP contribution in [0.25, 0.3) is 0 Å². The number of hydrogen-bond donors (Lipinski definition) is 2. The molecular weight excluding hydrogens is 281 g/mol. The summed E-state index contributed by atoms with van der Waals surface area (Å²) in [6.07, 6.45) is 2.45. The van der Waals surface area contributed by atoms with E-state index in [2.05, 4.69) is 15.5 Å². The molecule has 2 N–H and O–H groups in total. The van der Waals surface area contributed by atoms with Crippen molar-refractivity contribution in [3.8, 4) is 0 Å². The molecule has 0 bridgehead atoms. The zero-order chi connectivity index (χ0) is 15.4. The molecule has 5 heteroatoms. The number of nitrogens with zero attached hydrogens (tertiary/aromatic N) is 1. The third kappa shape index (κ3) is 3.36. The van der Waals surface area contributed by atoms with E-state index in [0.717, 1.165) is 18.8 Å². The predicted octanol–water partition coefficient (Wildman–Crippen LogP) is 4.07. The van der Waals surface area contributed by atoms with Crippen molar-refractivity contribution >= 4 is 23.1 Å². The minimum absolute atomic E-state index is 0.161. The lowest BCUT2D eigenvalue weighted by atomic mass is 10.2. The van der Waals surface area contributed by atoms with Gasteiger partial charge in [-0.3, -0.25) is 0 Å². The van der Waals surface area contributed by atoms with E-state index in [1.54, 1.807) is 12.1 Å². The Morgan fingerprint density at radius 2 is 1.64 bits per heavy atom. The van der Waals surface area contributed by atoms with Gasteiger partial charge in [-0.05, 0) is 49.2 Å². The van der Waals surface area contributed by atoms with Crippen molar-refractivity contribution in [3.63, 3.8) is 0 Å². The van der Waals surface area contributed by atoms with Gasteiger partial charge < -0.3 is 15.5 Å². The van der Waals surface area contributed by atoms with E-state index in [1.165, 1.54) is 25.0 Å². The average Bonchev–Trinajstić information content (AvgIpc) is 3.05. The van der Waals surface area contributed by atoms with Gasteiger partial charge in [-0.2, -0.15) is 0 Å². The summed E-state index contributed by atoms with van der Waals surface area (Å²) >= 11 is 0. The highest BCUT2D eigenvalue weighted by Crippen LogP contribution is 2.22. The second kappa shape index (κ2) is 6.47. The molecule has 114 valence electrons. The Morgan fingerprint density at radius 1 is 0.955 bits per heavy atom. The Labute approximate surface area is 128 Å². The van der Waals surface area contributed by atoms with E-state index in [4.69, 9.17) is 0 Å². The van der Waals surface area contributed by atoms with Gasteiger partial charge in [0.2, 0.25) is 0 Å². The fraction of sp³-hybridized carbons (Fsp3) is 0.235. The number of carbonyl (C=O) groups excluding carboxylic acids is 1. The fourth-order valence-electron chi connectivity index (χ4n) is 2.58. The third-order valence-electron chi connectivity index (χ3n) is 3.72. The number of amides is 2. The van der Waals surface area contributed by atoms with Gasteiger partial charge in [0, 0.05) is 24.5 Å². The highest BCUT2D eigenvalue weighted by Gasteiger charge is 2.12. The van der Waals surface area contributed by atoms with E-state index in [0.29, 0.717) is 5.69 Å². The molecule has 0 radical (unpaired) electrons. The van der Waals surface area contributed by atoms with Crippen LogP contribution in [0.2, 0.25) is 0 Å². The molecular formula is C17H18FN3O. The Kier molecular flexibility index (Phi) is 4.23. The molecule has 4 nitrogen and oxygen atoms in total. The van der Waals surface area contributed by atoms with Gasteiger partial charge in [-0.1, -0.05) is 12.1 Å². The first-order chi connectivity index (χ1) is 10.7. The minimum atomic E-state index is -0.459. The lowest BCUT2D eigenvalue weighted by molar-refractivity contribution is 0.262. The maximum absolute atomic E-state index is 13.5. The number of carbonyl (C=O) groups is 1. The summed E-state index contributed by atoms with van der Waals surface area (Å²) in [4.78, 5) is 14.2. The summed E-state index contributed by atoms with van der Waals surface area (Å²) < 4.78 is 13.5. The maximum atomic E-state index is 13.5. The molecule has 1 heterocycles. The second-order valence-corrected chi connectivity index (χ2v) is 5.30. The molecule has 1 aliphatic heterocycles. The van der Waals surface area contributed by atoms with Crippen LogP contribution in [0.5, 0.6) is 0 Å². The zero-order valence-corrected chi connectivity index (χ0v) is 12.2. The first-order valence-electron chi connectivity index (χ1n) is 7.40. The minimum Gasteiger partial charge on any atom is -0.372 e. The molecule has 2 aromatic rings. The average molecular weight is 299 g/mol. The molecule has 0 saturated carbocycles. The number of hydrogen-bond acceptors (Lipinski definition) is 2. The van der Waals surface area contributed by atoms with Crippen LogP contribution < -0.4 is 15.5 Å². The molecule has 22 heavy (non-hydrogen) atoms. The van der Waals surface area contributed by atoms with Crippen LogP contribution in [0.1, 0.15) is 12.8 Å². The van der Waals surface area contributed by atoms with E-state index < -0.39 is 11.8 Å². The van der Waals surface area contributed by atoms with E-state index in [9.17, 15) is 9.18 Å². The second-order valence-electron chi connectivity index (χ2n) is 5.30. The normalized spacial score (nSPS) is 14.0. The van der Waals surface area contributed by atoms with Gasteiger partial charge >= 0.3 is 6.03 Å². The molecule has 0 atom stereocenters. The Morgan fingerprint density at radius 3 is 2.32 bits per heavy atom. The lowest BCUT2D eigenvalue weighted by Crippen LogP contribution is -2.20. The van der Waals surface area contributed by atoms with Gasteiger partial charge in [-0.25, -0.2) is 9.18 Å². The van der Waals surface area contributed by atoms with Crippen LogP contribution in [-0.4, -0.2) is 19.1 Å².